The second kappa shape index (κ2) is 5.30. The highest BCUT2D eigenvalue weighted by atomic mass is 32.1. The second-order valence-corrected chi connectivity index (χ2v) is 11.3. The van der Waals surface area contributed by atoms with E-state index in [0.29, 0.717) is 23.7 Å². The highest BCUT2D eigenvalue weighted by Crippen LogP contribution is 2.68. The zero-order valence-electron chi connectivity index (χ0n) is 15.9. The first-order valence-corrected chi connectivity index (χ1v) is 12.4. The van der Waals surface area contributed by atoms with Crippen molar-refractivity contribution in [3.8, 4) is 0 Å². The van der Waals surface area contributed by atoms with Crippen LogP contribution < -0.4 is 0 Å². The van der Waals surface area contributed by atoms with E-state index in [1.807, 2.05) is 0 Å². The summed E-state index contributed by atoms with van der Waals surface area (Å²) in [4.78, 5) is 1.72. The van der Waals surface area contributed by atoms with Gasteiger partial charge in [-0.1, -0.05) is 60.7 Å². The molecule has 6 atom stereocenters. The fourth-order valence-electron chi connectivity index (χ4n) is 7.00. The van der Waals surface area contributed by atoms with Gasteiger partial charge in [0.2, 0.25) is 0 Å². The summed E-state index contributed by atoms with van der Waals surface area (Å²) in [6.07, 6.45) is 16.0. The summed E-state index contributed by atoms with van der Waals surface area (Å²) in [5.74, 6) is 4.33. The highest BCUT2D eigenvalue weighted by molar-refractivity contribution is 7.33. The summed E-state index contributed by atoms with van der Waals surface area (Å²) in [5.41, 5.74) is 1.74. The smallest absolute Gasteiger partial charge is 0.0535 e. The number of rotatable bonds is 0. The van der Waals surface area contributed by atoms with Gasteiger partial charge in [0.15, 0.2) is 0 Å². The average molecular weight is 409 g/mol. The lowest BCUT2D eigenvalue weighted by Crippen LogP contribution is -2.45. The molecule has 2 heterocycles. The van der Waals surface area contributed by atoms with Crippen molar-refractivity contribution >= 4 is 52.9 Å². The zero-order chi connectivity index (χ0) is 18.7. The predicted octanol–water partition coefficient (Wildman–Crippen LogP) is 8.01. The lowest BCUT2D eigenvalue weighted by molar-refractivity contribution is 0.119. The van der Waals surface area contributed by atoms with Crippen LogP contribution in [0.1, 0.15) is 28.7 Å². The Balaban J connectivity index is 1.46. The van der Waals surface area contributed by atoms with Crippen LogP contribution in [0.25, 0.3) is 30.3 Å². The summed E-state index contributed by atoms with van der Waals surface area (Å²) in [6.45, 7) is 0. The van der Waals surface area contributed by atoms with E-state index >= 15 is 0 Å². The molecular formula is C27H20S2. The van der Waals surface area contributed by atoms with E-state index in [1.165, 1.54) is 27.3 Å². The highest BCUT2D eigenvalue weighted by Gasteiger charge is 2.56. The summed E-state index contributed by atoms with van der Waals surface area (Å²) in [5, 5.41) is 4.22. The first-order chi connectivity index (χ1) is 14.4. The van der Waals surface area contributed by atoms with Gasteiger partial charge in [0.05, 0.1) is 9.40 Å². The molecule has 5 aliphatic rings. The molecule has 1 saturated carbocycles. The van der Waals surface area contributed by atoms with Crippen LogP contribution in [0.15, 0.2) is 72.9 Å². The molecule has 0 radical (unpaired) electrons. The molecule has 0 aliphatic heterocycles. The minimum absolute atomic E-state index is 0.685. The lowest BCUT2D eigenvalue weighted by atomic mass is 9.50. The summed E-state index contributed by atoms with van der Waals surface area (Å²) >= 11 is 4.19. The number of fused-ring (bicyclic) bond motifs is 4. The van der Waals surface area contributed by atoms with Crippen LogP contribution in [-0.4, -0.2) is 0 Å². The summed E-state index contributed by atoms with van der Waals surface area (Å²) < 4.78 is 4.63. The number of hydrogen-bond acceptors (Lipinski definition) is 2. The minimum Gasteiger partial charge on any atom is -0.138 e. The van der Waals surface area contributed by atoms with Gasteiger partial charge < -0.3 is 0 Å². The van der Waals surface area contributed by atoms with Crippen molar-refractivity contribution in [2.24, 2.45) is 23.7 Å². The van der Waals surface area contributed by atoms with Crippen LogP contribution in [0.3, 0.4) is 0 Å². The summed E-state index contributed by atoms with van der Waals surface area (Å²) in [7, 11) is 0. The molecule has 140 valence electrons. The Labute approximate surface area is 177 Å². The first-order valence-electron chi connectivity index (χ1n) is 10.8. The molecule has 5 aliphatic carbocycles. The molecule has 0 nitrogen and oxygen atoms in total. The van der Waals surface area contributed by atoms with E-state index in [4.69, 9.17) is 0 Å². The molecule has 0 amide bonds. The SMILES string of the molecule is C1=CC2C3c4sc5c(sc6cc7ccccc7cc65)c4[C@H](C2C=C1)C1CC=CC31. The van der Waals surface area contributed by atoms with Gasteiger partial charge in [0, 0.05) is 20.9 Å². The van der Waals surface area contributed by atoms with Crippen molar-refractivity contribution in [1.82, 2.24) is 0 Å². The average Bonchev–Trinajstić information content (AvgIpc) is 3.46. The Kier molecular flexibility index (Phi) is 2.86. The van der Waals surface area contributed by atoms with Crippen molar-refractivity contribution in [3.05, 3.63) is 83.3 Å². The van der Waals surface area contributed by atoms with E-state index in [2.05, 4.69) is 95.5 Å². The van der Waals surface area contributed by atoms with E-state index in [1.54, 1.807) is 19.8 Å². The Hall–Kier alpha value is -2.16. The predicted molar refractivity (Wildman–Crippen MR) is 126 cm³/mol. The molecule has 2 bridgehead atoms. The van der Waals surface area contributed by atoms with E-state index < -0.39 is 0 Å². The van der Waals surface area contributed by atoms with Gasteiger partial charge in [-0.05, 0) is 64.5 Å². The van der Waals surface area contributed by atoms with Crippen molar-refractivity contribution in [3.63, 3.8) is 0 Å². The molecule has 2 aromatic heterocycles. The summed E-state index contributed by atoms with van der Waals surface area (Å²) in [6, 6.07) is 13.7. The van der Waals surface area contributed by atoms with Gasteiger partial charge in [-0.15, -0.1) is 22.7 Å². The van der Waals surface area contributed by atoms with Crippen LogP contribution in [0.5, 0.6) is 0 Å². The Morgan fingerprint density at radius 3 is 2.41 bits per heavy atom. The van der Waals surface area contributed by atoms with Crippen molar-refractivity contribution in [1.29, 1.82) is 0 Å². The third kappa shape index (κ3) is 1.82. The maximum Gasteiger partial charge on any atom is 0.0535 e. The topological polar surface area (TPSA) is 0 Å². The third-order valence-electron chi connectivity index (χ3n) is 8.06. The number of allylic oxidation sites excluding steroid dienone is 6. The van der Waals surface area contributed by atoms with Crippen molar-refractivity contribution in [2.45, 2.75) is 18.3 Å². The maximum absolute atomic E-state index is 2.56. The molecule has 5 unspecified atom stereocenters. The molecule has 2 aromatic carbocycles. The van der Waals surface area contributed by atoms with E-state index in [0.717, 1.165) is 11.8 Å². The number of hydrogen-bond donors (Lipinski definition) is 0. The minimum atomic E-state index is 0.685. The molecule has 29 heavy (non-hydrogen) atoms. The first kappa shape index (κ1) is 15.6. The molecule has 4 aromatic rings. The van der Waals surface area contributed by atoms with Crippen LogP contribution in [0.4, 0.5) is 0 Å². The second-order valence-electron chi connectivity index (χ2n) is 9.22. The molecule has 0 N–H and O–H groups in total. The van der Waals surface area contributed by atoms with Crippen molar-refractivity contribution < 1.29 is 0 Å². The van der Waals surface area contributed by atoms with Gasteiger partial charge in [-0.3, -0.25) is 0 Å². The fraction of sp³-hybridized carbons (Fsp3) is 0.259. The van der Waals surface area contributed by atoms with E-state index in [-0.39, 0.29) is 0 Å². The van der Waals surface area contributed by atoms with Gasteiger partial charge in [-0.2, -0.15) is 0 Å². The normalized spacial score (nSPS) is 33.7. The third-order valence-corrected chi connectivity index (χ3v) is 10.7. The van der Waals surface area contributed by atoms with Crippen LogP contribution >= 0.6 is 22.7 Å². The molecule has 1 fully saturated rings. The largest absolute Gasteiger partial charge is 0.138 e. The molecule has 2 heteroatoms. The number of benzene rings is 2. The quantitative estimate of drug-likeness (QED) is 0.258. The molecular weight excluding hydrogens is 388 g/mol. The monoisotopic (exact) mass is 408 g/mol. The van der Waals surface area contributed by atoms with Crippen molar-refractivity contribution in [2.75, 3.05) is 0 Å². The Morgan fingerprint density at radius 2 is 1.55 bits per heavy atom. The van der Waals surface area contributed by atoms with Gasteiger partial charge in [0.1, 0.15) is 0 Å². The van der Waals surface area contributed by atoms with Crippen LogP contribution in [-0.2, 0) is 0 Å². The molecule has 0 saturated heterocycles. The lowest BCUT2D eigenvalue weighted by Gasteiger charge is -2.54. The fourth-order valence-corrected chi connectivity index (χ4v) is 10.1. The van der Waals surface area contributed by atoms with Gasteiger partial charge in [0.25, 0.3) is 0 Å². The van der Waals surface area contributed by atoms with Crippen LogP contribution in [0.2, 0.25) is 0 Å². The van der Waals surface area contributed by atoms with Crippen LogP contribution in [0, 0.1) is 23.7 Å². The van der Waals surface area contributed by atoms with E-state index in [9.17, 15) is 0 Å². The van der Waals surface area contributed by atoms with Gasteiger partial charge >= 0.3 is 0 Å². The molecule has 0 spiro atoms. The number of thiophene rings is 2. The standard InChI is InChI=1S/C27H20S2/c1-2-7-15-13-21-20(12-14(15)6-1)25-27(28-21)24-22-16-8-3-4-9-18(16)23(26(24)29-25)19-11-5-10-17(19)22/h1-9,11-13,16-19,22-23H,10H2/t16?,17?,18?,19?,22-,23?/m1/s1. The van der Waals surface area contributed by atoms with Gasteiger partial charge in [-0.25, -0.2) is 0 Å². The Morgan fingerprint density at radius 1 is 0.759 bits per heavy atom. The zero-order valence-corrected chi connectivity index (χ0v) is 17.5. The molecule has 9 rings (SSSR count). The Bertz CT molecular complexity index is 1430. The maximum atomic E-state index is 2.56.